The van der Waals surface area contributed by atoms with Gasteiger partial charge in [-0.15, -0.1) is 11.3 Å². The maximum Gasteiger partial charge on any atom is 0.287 e. The molecule has 23 heavy (non-hydrogen) atoms. The number of fused-ring (bicyclic) bond motifs is 1. The maximum atomic E-state index is 12.4. The molecule has 1 aliphatic rings. The van der Waals surface area contributed by atoms with E-state index in [1.807, 2.05) is 26.2 Å². The Morgan fingerprint density at radius 3 is 2.78 bits per heavy atom. The van der Waals surface area contributed by atoms with E-state index < -0.39 is 0 Å². The summed E-state index contributed by atoms with van der Waals surface area (Å²) in [5.41, 5.74) is 2.06. The summed E-state index contributed by atoms with van der Waals surface area (Å²) >= 11 is 1.51. The molecule has 3 rings (SSSR count). The molecule has 1 N–H and O–H groups in total. The SMILES string of the molecule is Cc1csc(CNC(=O)c2oc3c(c2C)C(=O)CC(C)(C)C3)n1. The topological polar surface area (TPSA) is 72.2 Å². The van der Waals surface area contributed by atoms with Gasteiger partial charge >= 0.3 is 0 Å². The minimum Gasteiger partial charge on any atom is -0.455 e. The van der Waals surface area contributed by atoms with Crippen LogP contribution in [0.25, 0.3) is 0 Å². The number of hydrogen-bond donors (Lipinski definition) is 1. The summed E-state index contributed by atoms with van der Waals surface area (Å²) in [4.78, 5) is 29.0. The highest BCUT2D eigenvalue weighted by molar-refractivity contribution is 7.09. The van der Waals surface area contributed by atoms with Gasteiger partial charge < -0.3 is 9.73 Å². The van der Waals surface area contributed by atoms with Gasteiger partial charge in [-0.25, -0.2) is 4.98 Å². The molecular weight excluding hydrogens is 312 g/mol. The van der Waals surface area contributed by atoms with Crippen LogP contribution in [0.4, 0.5) is 0 Å². The van der Waals surface area contributed by atoms with Gasteiger partial charge in [0.05, 0.1) is 12.1 Å². The van der Waals surface area contributed by atoms with Crippen LogP contribution >= 0.6 is 11.3 Å². The molecule has 0 fully saturated rings. The van der Waals surface area contributed by atoms with Crippen molar-refractivity contribution in [1.82, 2.24) is 10.3 Å². The van der Waals surface area contributed by atoms with Gasteiger partial charge in [0, 0.05) is 29.5 Å². The predicted molar refractivity (Wildman–Crippen MR) is 87.9 cm³/mol. The van der Waals surface area contributed by atoms with Crippen LogP contribution in [0.1, 0.15) is 63.2 Å². The predicted octanol–water partition coefficient (Wildman–Crippen LogP) is 3.44. The minimum atomic E-state index is -0.296. The molecule has 1 aliphatic carbocycles. The number of hydrogen-bond acceptors (Lipinski definition) is 5. The normalized spacial score (nSPS) is 16.3. The van der Waals surface area contributed by atoms with Gasteiger partial charge in [-0.05, 0) is 19.3 Å². The van der Waals surface area contributed by atoms with Crippen LogP contribution in [0.15, 0.2) is 9.80 Å². The number of nitrogens with one attached hydrogen (secondary N) is 1. The second-order valence-electron chi connectivity index (χ2n) is 6.86. The molecule has 2 heterocycles. The highest BCUT2D eigenvalue weighted by Crippen LogP contribution is 2.38. The van der Waals surface area contributed by atoms with E-state index >= 15 is 0 Å². The van der Waals surface area contributed by atoms with Crippen molar-refractivity contribution in [3.63, 3.8) is 0 Å². The van der Waals surface area contributed by atoms with E-state index in [0.717, 1.165) is 10.7 Å². The maximum absolute atomic E-state index is 12.4. The zero-order chi connectivity index (χ0) is 16.8. The molecule has 2 aromatic rings. The molecule has 6 heteroatoms. The van der Waals surface area contributed by atoms with Gasteiger partial charge in [0.15, 0.2) is 11.5 Å². The van der Waals surface area contributed by atoms with E-state index in [9.17, 15) is 9.59 Å². The van der Waals surface area contributed by atoms with Crippen LogP contribution in [0.3, 0.4) is 0 Å². The fourth-order valence-corrected chi connectivity index (χ4v) is 3.73. The monoisotopic (exact) mass is 332 g/mol. The summed E-state index contributed by atoms with van der Waals surface area (Å²) in [6, 6.07) is 0. The Hall–Kier alpha value is -1.95. The van der Waals surface area contributed by atoms with Crippen LogP contribution in [0.2, 0.25) is 0 Å². The first-order chi connectivity index (χ1) is 10.8. The summed E-state index contributed by atoms with van der Waals surface area (Å²) in [5, 5.41) is 5.61. The standard InChI is InChI=1S/C17H20N2O3S/c1-9-8-23-13(19-9)7-18-16(21)15-10(2)14-11(20)5-17(3,4)6-12(14)22-15/h8H,5-7H2,1-4H3,(H,18,21). The van der Waals surface area contributed by atoms with Crippen molar-refractivity contribution >= 4 is 23.0 Å². The molecule has 1 amide bonds. The average Bonchev–Trinajstić information content (AvgIpc) is 2.99. The Morgan fingerprint density at radius 1 is 1.39 bits per heavy atom. The first-order valence-corrected chi connectivity index (χ1v) is 8.49. The van der Waals surface area contributed by atoms with E-state index in [1.165, 1.54) is 11.3 Å². The van der Waals surface area contributed by atoms with Crippen molar-refractivity contribution in [2.75, 3.05) is 0 Å². The van der Waals surface area contributed by atoms with E-state index in [0.29, 0.717) is 36.3 Å². The molecule has 0 unspecified atom stereocenters. The summed E-state index contributed by atoms with van der Waals surface area (Å²) in [6.07, 6.45) is 1.16. The highest BCUT2D eigenvalue weighted by atomic mass is 32.1. The molecule has 0 atom stereocenters. The highest BCUT2D eigenvalue weighted by Gasteiger charge is 2.36. The van der Waals surface area contributed by atoms with Gasteiger partial charge in [-0.3, -0.25) is 9.59 Å². The van der Waals surface area contributed by atoms with E-state index in [2.05, 4.69) is 10.3 Å². The number of aryl methyl sites for hydroxylation is 1. The molecule has 0 saturated heterocycles. The molecule has 0 aromatic carbocycles. The van der Waals surface area contributed by atoms with Crippen molar-refractivity contribution in [2.45, 2.75) is 47.1 Å². The molecule has 122 valence electrons. The van der Waals surface area contributed by atoms with Gasteiger partial charge in [0.25, 0.3) is 5.91 Å². The zero-order valence-corrected chi connectivity index (χ0v) is 14.6. The van der Waals surface area contributed by atoms with Crippen molar-refractivity contribution < 1.29 is 14.0 Å². The van der Waals surface area contributed by atoms with Gasteiger partial charge in [-0.2, -0.15) is 0 Å². The fraction of sp³-hybridized carbons (Fsp3) is 0.471. The third kappa shape index (κ3) is 3.08. The van der Waals surface area contributed by atoms with Gasteiger partial charge in [0.2, 0.25) is 0 Å². The number of amides is 1. The number of aromatic nitrogens is 1. The third-order valence-electron chi connectivity index (χ3n) is 4.05. The quantitative estimate of drug-likeness (QED) is 0.934. The summed E-state index contributed by atoms with van der Waals surface area (Å²) < 4.78 is 5.75. The molecule has 5 nitrogen and oxygen atoms in total. The van der Waals surface area contributed by atoms with Crippen molar-refractivity contribution in [2.24, 2.45) is 5.41 Å². The lowest BCUT2D eigenvalue weighted by atomic mass is 9.76. The number of Topliss-reactive ketones (excluding diaryl/α,β-unsaturated/α-hetero) is 1. The Balaban J connectivity index is 1.81. The van der Waals surface area contributed by atoms with Crippen molar-refractivity contribution in [3.05, 3.63) is 38.7 Å². The van der Waals surface area contributed by atoms with Crippen LogP contribution < -0.4 is 5.32 Å². The number of nitrogens with zero attached hydrogens (tertiary/aromatic N) is 1. The molecular formula is C17H20N2O3S. The molecule has 0 spiro atoms. The van der Waals surface area contributed by atoms with E-state index in [1.54, 1.807) is 6.92 Å². The van der Waals surface area contributed by atoms with Crippen molar-refractivity contribution in [3.8, 4) is 0 Å². The van der Waals surface area contributed by atoms with Gasteiger partial charge in [-0.1, -0.05) is 13.8 Å². The summed E-state index contributed by atoms with van der Waals surface area (Å²) in [5.74, 6) is 0.649. The number of carbonyl (C=O) groups excluding carboxylic acids is 2. The van der Waals surface area contributed by atoms with Crippen molar-refractivity contribution in [1.29, 1.82) is 0 Å². The lowest BCUT2D eigenvalue weighted by Gasteiger charge is -2.27. The Morgan fingerprint density at radius 2 is 2.13 bits per heavy atom. The average molecular weight is 332 g/mol. The number of ketones is 1. The molecule has 2 aromatic heterocycles. The first kappa shape index (κ1) is 15.9. The number of carbonyl (C=O) groups is 2. The second kappa shape index (κ2) is 5.60. The fourth-order valence-electron chi connectivity index (χ4n) is 3.02. The molecule has 0 radical (unpaired) electrons. The Kier molecular flexibility index (Phi) is 3.88. The minimum absolute atomic E-state index is 0.0621. The largest absolute Gasteiger partial charge is 0.455 e. The number of rotatable bonds is 3. The zero-order valence-electron chi connectivity index (χ0n) is 13.8. The Labute approximate surface area is 139 Å². The van der Waals surface area contributed by atoms with Gasteiger partial charge in [0.1, 0.15) is 10.8 Å². The number of furan rings is 1. The second-order valence-corrected chi connectivity index (χ2v) is 7.80. The molecule has 0 saturated carbocycles. The van der Waals surface area contributed by atoms with Crippen LogP contribution in [0, 0.1) is 19.3 Å². The van der Waals surface area contributed by atoms with Crippen LogP contribution in [0.5, 0.6) is 0 Å². The van der Waals surface area contributed by atoms with E-state index in [-0.39, 0.29) is 22.9 Å². The smallest absolute Gasteiger partial charge is 0.287 e. The van der Waals surface area contributed by atoms with E-state index in [4.69, 9.17) is 4.42 Å². The lowest BCUT2D eigenvalue weighted by molar-refractivity contribution is 0.0888. The summed E-state index contributed by atoms with van der Waals surface area (Å²) in [6.45, 7) is 8.13. The summed E-state index contributed by atoms with van der Waals surface area (Å²) in [7, 11) is 0. The lowest BCUT2D eigenvalue weighted by Crippen LogP contribution is -2.26. The molecule has 0 bridgehead atoms. The third-order valence-corrected chi connectivity index (χ3v) is 5.02. The Bertz CT molecular complexity index is 786. The first-order valence-electron chi connectivity index (χ1n) is 7.61. The van der Waals surface area contributed by atoms with Crippen LogP contribution in [-0.2, 0) is 13.0 Å². The molecule has 0 aliphatic heterocycles. The number of thiazole rings is 1. The van der Waals surface area contributed by atoms with Crippen LogP contribution in [-0.4, -0.2) is 16.7 Å².